The van der Waals surface area contributed by atoms with Gasteiger partial charge in [0.15, 0.2) is 5.96 Å². The number of benzene rings is 2. The van der Waals surface area contributed by atoms with Crippen molar-refractivity contribution in [3.05, 3.63) is 83.7 Å². The highest BCUT2D eigenvalue weighted by molar-refractivity contribution is 5.92. The van der Waals surface area contributed by atoms with Crippen molar-refractivity contribution in [1.82, 2.24) is 9.78 Å². The summed E-state index contributed by atoms with van der Waals surface area (Å²) in [4.78, 5) is 4.46. The molecule has 140 valence electrons. The Labute approximate surface area is 160 Å². The van der Waals surface area contributed by atoms with Crippen molar-refractivity contribution in [2.24, 2.45) is 10.7 Å². The molecule has 27 heavy (non-hydrogen) atoms. The van der Waals surface area contributed by atoms with Gasteiger partial charge in [-0.15, -0.1) is 0 Å². The van der Waals surface area contributed by atoms with E-state index in [-0.39, 0.29) is 0 Å². The Kier molecular flexibility index (Phi) is 6.26. The third-order valence-corrected chi connectivity index (χ3v) is 4.69. The Morgan fingerprint density at radius 1 is 1.15 bits per heavy atom. The fraction of sp³-hybridized carbons (Fsp3) is 0.273. The Morgan fingerprint density at radius 3 is 2.63 bits per heavy atom. The van der Waals surface area contributed by atoms with Crippen molar-refractivity contribution in [2.75, 3.05) is 5.32 Å². The molecule has 0 aliphatic carbocycles. The minimum absolute atomic E-state index is 0.420. The largest absolute Gasteiger partial charge is 0.370 e. The van der Waals surface area contributed by atoms with Crippen molar-refractivity contribution in [2.45, 2.75) is 39.3 Å². The molecule has 0 saturated carbocycles. The van der Waals surface area contributed by atoms with E-state index in [2.05, 4.69) is 71.7 Å². The van der Waals surface area contributed by atoms with Gasteiger partial charge in [0.05, 0.1) is 13.1 Å². The molecule has 3 rings (SSSR count). The molecule has 0 aliphatic rings. The summed E-state index contributed by atoms with van der Waals surface area (Å²) in [6.45, 7) is 5.72. The van der Waals surface area contributed by atoms with Crippen molar-refractivity contribution >= 4 is 11.6 Å². The number of nitrogens with two attached hydrogens (primary N) is 1. The zero-order valence-corrected chi connectivity index (χ0v) is 16.0. The lowest BCUT2D eigenvalue weighted by Gasteiger charge is -2.11. The van der Waals surface area contributed by atoms with Gasteiger partial charge in [-0.3, -0.25) is 4.68 Å². The number of aliphatic imine (C=N–C) groups is 1. The van der Waals surface area contributed by atoms with Crippen LogP contribution in [0.5, 0.6) is 0 Å². The lowest BCUT2D eigenvalue weighted by molar-refractivity contribution is 0.686. The zero-order valence-electron chi connectivity index (χ0n) is 16.0. The van der Waals surface area contributed by atoms with Crippen LogP contribution in [-0.2, 0) is 13.1 Å². The molecule has 0 aliphatic heterocycles. The molecule has 2 aromatic carbocycles. The van der Waals surface area contributed by atoms with Crippen LogP contribution in [-0.4, -0.2) is 15.7 Å². The molecule has 5 nitrogen and oxygen atoms in total. The van der Waals surface area contributed by atoms with Gasteiger partial charge in [0.2, 0.25) is 0 Å². The second kappa shape index (κ2) is 9.03. The number of nitrogens with zero attached hydrogens (tertiary/aromatic N) is 3. The summed E-state index contributed by atoms with van der Waals surface area (Å²) in [5, 5.41) is 7.40. The standard InChI is InChI=1S/C22H27N5/c1-3-17(2)20-8-10-21(11-9-20)26-22(23)24-15-18-6-4-7-19(14-18)16-27-13-5-12-25-27/h4-14,17H,3,15-16H2,1-2H3,(H3,23,24,26). The van der Waals surface area contributed by atoms with E-state index in [4.69, 9.17) is 5.73 Å². The predicted molar refractivity (Wildman–Crippen MR) is 112 cm³/mol. The number of aromatic nitrogens is 2. The van der Waals surface area contributed by atoms with Gasteiger partial charge in [0.1, 0.15) is 0 Å². The van der Waals surface area contributed by atoms with Gasteiger partial charge in [-0.1, -0.05) is 50.2 Å². The summed E-state index contributed by atoms with van der Waals surface area (Å²) in [5.41, 5.74) is 10.7. The Hall–Kier alpha value is -3.08. The molecule has 0 amide bonds. The molecule has 1 atom stereocenters. The van der Waals surface area contributed by atoms with Crippen LogP contribution in [0.25, 0.3) is 0 Å². The Balaban J connectivity index is 1.58. The maximum atomic E-state index is 6.05. The maximum absolute atomic E-state index is 6.05. The number of rotatable bonds is 7. The number of guanidine groups is 1. The van der Waals surface area contributed by atoms with Gasteiger partial charge >= 0.3 is 0 Å². The smallest absolute Gasteiger partial charge is 0.193 e. The quantitative estimate of drug-likeness (QED) is 0.485. The molecule has 0 bridgehead atoms. The van der Waals surface area contributed by atoms with Gasteiger partial charge in [0, 0.05) is 18.1 Å². The van der Waals surface area contributed by atoms with Gasteiger partial charge in [-0.05, 0) is 47.2 Å². The number of hydrogen-bond acceptors (Lipinski definition) is 2. The highest BCUT2D eigenvalue weighted by Gasteiger charge is 2.03. The van der Waals surface area contributed by atoms with Crippen LogP contribution in [0.4, 0.5) is 5.69 Å². The summed E-state index contributed by atoms with van der Waals surface area (Å²) in [6, 6.07) is 18.6. The van der Waals surface area contributed by atoms with E-state index in [1.54, 1.807) is 6.20 Å². The van der Waals surface area contributed by atoms with E-state index in [1.807, 2.05) is 23.0 Å². The van der Waals surface area contributed by atoms with Gasteiger partial charge < -0.3 is 11.1 Å². The lowest BCUT2D eigenvalue weighted by Crippen LogP contribution is -2.22. The minimum atomic E-state index is 0.420. The van der Waals surface area contributed by atoms with Crippen molar-refractivity contribution in [1.29, 1.82) is 0 Å². The predicted octanol–water partition coefficient (Wildman–Crippen LogP) is 4.37. The Morgan fingerprint density at radius 2 is 1.93 bits per heavy atom. The molecule has 0 radical (unpaired) electrons. The van der Waals surface area contributed by atoms with Crippen LogP contribution in [0.2, 0.25) is 0 Å². The first-order valence-electron chi connectivity index (χ1n) is 9.36. The van der Waals surface area contributed by atoms with Crippen LogP contribution >= 0.6 is 0 Å². The summed E-state index contributed by atoms with van der Waals surface area (Å²) in [5.74, 6) is 0.989. The topological polar surface area (TPSA) is 68.2 Å². The first-order chi connectivity index (χ1) is 13.1. The molecular weight excluding hydrogens is 334 g/mol. The van der Waals surface area contributed by atoms with Gasteiger partial charge in [0.25, 0.3) is 0 Å². The van der Waals surface area contributed by atoms with Crippen molar-refractivity contribution in [3.63, 3.8) is 0 Å². The van der Waals surface area contributed by atoms with Crippen molar-refractivity contribution < 1.29 is 0 Å². The van der Waals surface area contributed by atoms with Crippen molar-refractivity contribution in [3.8, 4) is 0 Å². The fourth-order valence-corrected chi connectivity index (χ4v) is 2.90. The van der Waals surface area contributed by atoms with Crippen LogP contribution in [0.3, 0.4) is 0 Å². The SMILES string of the molecule is CCC(C)c1ccc(NC(N)=NCc2cccc(Cn3cccn3)c2)cc1. The van der Waals surface area contributed by atoms with Crippen LogP contribution in [0.15, 0.2) is 72.0 Å². The second-order valence-electron chi connectivity index (χ2n) is 6.78. The minimum Gasteiger partial charge on any atom is -0.370 e. The average molecular weight is 361 g/mol. The maximum Gasteiger partial charge on any atom is 0.193 e. The Bertz CT molecular complexity index is 866. The monoisotopic (exact) mass is 361 g/mol. The van der Waals surface area contributed by atoms with E-state index in [1.165, 1.54) is 11.1 Å². The summed E-state index contributed by atoms with van der Waals surface area (Å²) in [6.07, 6.45) is 4.88. The zero-order chi connectivity index (χ0) is 19.1. The first kappa shape index (κ1) is 18.7. The average Bonchev–Trinajstić information content (AvgIpc) is 3.20. The third kappa shape index (κ3) is 5.45. The molecule has 0 spiro atoms. The summed E-state index contributed by atoms with van der Waals surface area (Å²) < 4.78 is 1.90. The van der Waals surface area contributed by atoms with E-state index in [0.717, 1.165) is 24.2 Å². The third-order valence-electron chi connectivity index (χ3n) is 4.69. The van der Waals surface area contributed by atoms with Crippen LogP contribution in [0.1, 0.15) is 42.9 Å². The lowest BCUT2D eigenvalue weighted by atomic mass is 9.99. The fourth-order valence-electron chi connectivity index (χ4n) is 2.90. The van der Waals surface area contributed by atoms with Gasteiger partial charge in [-0.25, -0.2) is 4.99 Å². The van der Waals surface area contributed by atoms with Crippen LogP contribution in [0, 0.1) is 0 Å². The molecule has 1 heterocycles. The number of nitrogens with one attached hydrogen (secondary N) is 1. The second-order valence-corrected chi connectivity index (χ2v) is 6.78. The number of hydrogen-bond donors (Lipinski definition) is 2. The molecule has 1 aromatic heterocycles. The molecule has 0 fully saturated rings. The normalized spacial score (nSPS) is 12.7. The van der Waals surface area contributed by atoms with E-state index < -0.39 is 0 Å². The highest BCUT2D eigenvalue weighted by atomic mass is 15.3. The van der Waals surface area contributed by atoms with E-state index in [9.17, 15) is 0 Å². The van der Waals surface area contributed by atoms with Crippen LogP contribution < -0.4 is 11.1 Å². The first-order valence-corrected chi connectivity index (χ1v) is 9.36. The molecule has 3 aromatic rings. The van der Waals surface area contributed by atoms with E-state index >= 15 is 0 Å². The van der Waals surface area contributed by atoms with E-state index in [0.29, 0.717) is 18.4 Å². The molecule has 5 heteroatoms. The summed E-state index contributed by atoms with van der Waals surface area (Å²) >= 11 is 0. The van der Waals surface area contributed by atoms with Gasteiger partial charge in [-0.2, -0.15) is 5.10 Å². The number of anilines is 1. The molecule has 1 unspecified atom stereocenters. The summed E-state index contributed by atoms with van der Waals surface area (Å²) in [7, 11) is 0. The molecule has 3 N–H and O–H groups in total. The molecular formula is C22H27N5. The highest BCUT2D eigenvalue weighted by Crippen LogP contribution is 2.20. The molecule has 0 saturated heterocycles.